The Balaban J connectivity index is 3.83. The third kappa shape index (κ3) is 6.27. The zero-order valence-electron chi connectivity index (χ0n) is 7.52. The van der Waals surface area contributed by atoms with E-state index >= 15 is 0 Å². The largest absolute Gasteiger partial charge is 0.389 e. The lowest BCUT2D eigenvalue weighted by molar-refractivity contribution is -0.144. The van der Waals surface area contributed by atoms with E-state index < -0.39 is 36.9 Å². The van der Waals surface area contributed by atoms with Gasteiger partial charge in [-0.2, -0.15) is 13.2 Å². The number of carbonyl (C=O) groups is 2. The quantitative estimate of drug-likeness (QED) is 0.704. The van der Waals surface area contributed by atoms with Crippen LogP contribution in [0.2, 0.25) is 0 Å². The van der Waals surface area contributed by atoms with Crippen molar-refractivity contribution in [3.8, 4) is 0 Å². The predicted molar refractivity (Wildman–Crippen MR) is 42.1 cm³/mol. The highest BCUT2D eigenvalue weighted by molar-refractivity contribution is 5.86. The highest BCUT2D eigenvalue weighted by Gasteiger charge is 2.28. The molecule has 0 saturated carbocycles. The average Bonchev–Trinajstić information content (AvgIpc) is 1.99. The molecule has 0 aromatic rings. The minimum atomic E-state index is -4.37. The van der Waals surface area contributed by atoms with E-state index in [2.05, 4.69) is 0 Å². The second-order valence-corrected chi connectivity index (χ2v) is 2.81. The van der Waals surface area contributed by atoms with Gasteiger partial charge in [0.15, 0.2) is 0 Å². The molecule has 0 aromatic heterocycles. The van der Waals surface area contributed by atoms with Gasteiger partial charge in [-0.3, -0.25) is 9.59 Å². The van der Waals surface area contributed by atoms with E-state index in [1.54, 1.807) is 0 Å². The number of hydrogen-bond acceptors (Lipinski definition) is 2. The standard InChI is InChI=1S/C7H11F3N2O2/c1-4(6(11)14)12-5(13)2-3-7(8,9)10/h4H,2-3H2,1H3,(H2,11,14)(H,12,13)/t4-/m0/s1. The van der Waals surface area contributed by atoms with Crippen molar-refractivity contribution in [3.05, 3.63) is 0 Å². The molecule has 0 spiro atoms. The van der Waals surface area contributed by atoms with E-state index in [9.17, 15) is 22.8 Å². The summed E-state index contributed by atoms with van der Waals surface area (Å²) in [6.45, 7) is 1.30. The van der Waals surface area contributed by atoms with Crippen LogP contribution in [0, 0.1) is 0 Å². The molecule has 0 saturated heterocycles. The third-order valence-corrected chi connectivity index (χ3v) is 1.44. The van der Waals surface area contributed by atoms with Gasteiger partial charge in [-0.25, -0.2) is 0 Å². The van der Waals surface area contributed by atoms with Crippen molar-refractivity contribution in [2.75, 3.05) is 0 Å². The van der Waals surface area contributed by atoms with Crippen LogP contribution in [0.4, 0.5) is 13.2 Å². The molecule has 0 aliphatic heterocycles. The van der Waals surface area contributed by atoms with Crippen LogP contribution < -0.4 is 11.1 Å². The maximum Gasteiger partial charge on any atom is 0.389 e. The SMILES string of the molecule is C[C@H](NC(=O)CCC(F)(F)F)C(N)=O. The number of rotatable bonds is 4. The molecule has 0 rings (SSSR count). The lowest BCUT2D eigenvalue weighted by Gasteiger charge is -2.10. The summed E-state index contributed by atoms with van der Waals surface area (Å²) in [6, 6.07) is -0.948. The van der Waals surface area contributed by atoms with Gasteiger partial charge in [-0.15, -0.1) is 0 Å². The molecule has 0 heterocycles. The van der Waals surface area contributed by atoms with Gasteiger partial charge in [0.2, 0.25) is 11.8 Å². The Morgan fingerprint density at radius 2 is 1.93 bits per heavy atom. The van der Waals surface area contributed by atoms with E-state index in [4.69, 9.17) is 5.73 Å². The summed E-state index contributed by atoms with van der Waals surface area (Å²) in [7, 11) is 0. The fraction of sp³-hybridized carbons (Fsp3) is 0.714. The van der Waals surface area contributed by atoms with Crippen molar-refractivity contribution < 1.29 is 22.8 Å². The van der Waals surface area contributed by atoms with Crippen molar-refractivity contribution in [1.29, 1.82) is 0 Å². The average molecular weight is 212 g/mol. The molecule has 0 radical (unpaired) electrons. The number of nitrogens with two attached hydrogens (primary N) is 1. The summed E-state index contributed by atoms with van der Waals surface area (Å²) in [5, 5.41) is 2.04. The lowest BCUT2D eigenvalue weighted by Crippen LogP contribution is -2.42. The fourth-order valence-corrected chi connectivity index (χ4v) is 0.640. The first kappa shape index (κ1) is 12.7. The Labute approximate surface area is 78.6 Å². The molecule has 14 heavy (non-hydrogen) atoms. The highest BCUT2D eigenvalue weighted by atomic mass is 19.4. The Morgan fingerprint density at radius 1 is 1.43 bits per heavy atom. The maximum atomic E-state index is 11.6. The molecule has 0 fully saturated rings. The summed E-state index contributed by atoms with van der Waals surface area (Å²) in [5.41, 5.74) is 4.79. The van der Waals surface area contributed by atoms with Gasteiger partial charge >= 0.3 is 6.18 Å². The van der Waals surface area contributed by atoms with E-state index in [0.717, 1.165) is 0 Å². The second-order valence-electron chi connectivity index (χ2n) is 2.81. The van der Waals surface area contributed by atoms with Gasteiger partial charge < -0.3 is 11.1 Å². The smallest absolute Gasteiger partial charge is 0.368 e. The van der Waals surface area contributed by atoms with Crippen LogP contribution in [0.1, 0.15) is 19.8 Å². The zero-order valence-corrected chi connectivity index (χ0v) is 7.52. The monoisotopic (exact) mass is 212 g/mol. The number of primary amides is 1. The van der Waals surface area contributed by atoms with E-state index in [1.165, 1.54) is 6.92 Å². The summed E-state index contributed by atoms with van der Waals surface area (Å²) >= 11 is 0. The molecule has 0 aliphatic carbocycles. The minimum absolute atomic E-state index is 0.693. The maximum absolute atomic E-state index is 11.6. The van der Waals surface area contributed by atoms with Gasteiger partial charge in [0.05, 0.1) is 6.42 Å². The molecule has 7 heteroatoms. The van der Waals surface area contributed by atoms with Crippen LogP contribution in [-0.2, 0) is 9.59 Å². The predicted octanol–water partition coefficient (Wildman–Crippen LogP) is 0.319. The Kier molecular flexibility index (Phi) is 4.39. The van der Waals surface area contributed by atoms with Gasteiger partial charge in [0.25, 0.3) is 0 Å². The molecule has 1 atom stereocenters. The first-order chi connectivity index (χ1) is 6.22. The van der Waals surface area contributed by atoms with Crippen LogP contribution in [0.3, 0.4) is 0 Å². The number of nitrogens with one attached hydrogen (secondary N) is 1. The molecule has 0 aromatic carbocycles. The molecule has 2 amide bonds. The van der Waals surface area contributed by atoms with Crippen LogP contribution in [0.25, 0.3) is 0 Å². The highest BCUT2D eigenvalue weighted by Crippen LogP contribution is 2.20. The normalized spacial score (nSPS) is 13.4. The van der Waals surface area contributed by atoms with E-state index in [1.807, 2.05) is 5.32 Å². The van der Waals surface area contributed by atoms with Crippen molar-refractivity contribution >= 4 is 11.8 Å². The number of halogens is 3. The van der Waals surface area contributed by atoms with Crippen LogP contribution in [0.15, 0.2) is 0 Å². The lowest BCUT2D eigenvalue weighted by atomic mass is 10.2. The molecule has 0 bridgehead atoms. The fourth-order valence-electron chi connectivity index (χ4n) is 0.640. The molecular weight excluding hydrogens is 201 g/mol. The molecule has 82 valence electrons. The van der Waals surface area contributed by atoms with Crippen LogP contribution in [-0.4, -0.2) is 24.0 Å². The van der Waals surface area contributed by atoms with Crippen molar-refractivity contribution in [2.45, 2.75) is 32.0 Å². The second kappa shape index (κ2) is 4.83. The van der Waals surface area contributed by atoms with E-state index in [0.29, 0.717) is 0 Å². The topological polar surface area (TPSA) is 72.2 Å². The number of alkyl halides is 3. The Morgan fingerprint density at radius 3 is 2.29 bits per heavy atom. The Hall–Kier alpha value is -1.27. The van der Waals surface area contributed by atoms with Gasteiger partial charge in [-0.1, -0.05) is 0 Å². The van der Waals surface area contributed by atoms with Crippen LogP contribution >= 0.6 is 0 Å². The van der Waals surface area contributed by atoms with Gasteiger partial charge in [0.1, 0.15) is 6.04 Å². The molecule has 0 aliphatic rings. The number of amides is 2. The van der Waals surface area contributed by atoms with E-state index in [-0.39, 0.29) is 0 Å². The first-order valence-electron chi connectivity index (χ1n) is 3.88. The van der Waals surface area contributed by atoms with Gasteiger partial charge in [0, 0.05) is 6.42 Å². The summed E-state index contributed by atoms with van der Waals surface area (Å²) < 4.78 is 34.9. The summed E-state index contributed by atoms with van der Waals surface area (Å²) in [4.78, 5) is 21.2. The van der Waals surface area contributed by atoms with Crippen molar-refractivity contribution in [1.82, 2.24) is 5.32 Å². The molecule has 0 unspecified atom stereocenters. The Bertz CT molecular complexity index is 227. The van der Waals surface area contributed by atoms with Gasteiger partial charge in [-0.05, 0) is 6.92 Å². The van der Waals surface area contributed by atoms with Crippen molar-refractivity contribution in [3.63, 3.8) is 0 Å². The minimum Gasteiger partial charge on any atom is -0.368 e. The number of hydrogen-bond donors (Lipinski definition) is 2. The first-order valence-corrected chi connectivity index (χ1v) is 3.88. The summed E-state index contributed by atoms with van der Waals surface area (Å²) in [6.07, 6.45) is -6.27. The summed E-state index contributed by atoms with van der Waals surface area (Å²) in [5.74, 6) is -1.63. The molecule has 4 nitrogen and oxygen atoms in total. The third-order valence-electron chi connectivity index (χ3n) is 1.44. The zero-order chi connectivity index (χ0) is 11.4. The molecular formula is C7H11F3N2O2. The molecule has 3 N–H and O–H groups in total. The van der Waals surface area contributed by atoms with Crippen molar-refractivity contribution in [2.24, 2.45) is 5.73 Å². The van der Waals surface area contributed by atoms with Crippen LogP contribution in [0.5, 0.6) is 0 Å². The number of carbonyl (C=O) groups excluding carboxylic acids is 2.